The Morgan fingerprint density at radius 1 is 1.11 bits per heavy atom. The number of fused-ring (bicyclic) bond motifs is 1. The second-order valence-electron chi connectivity index (χ2n) is 6.57. The topological polar surface area (TPSA) is 75.7 Å². The first-order valence-corrected chi connectivity index (χ1v) is 8.91. The Hall–Kier alpha value is -3.15. The number of nitrogens with one attached hydrogen (secondary N) is 1. The van der Waals surface area contributed by atoms with E-state index in [2.05, 4.69) is 5.32 Å². The number of ether oxygens (including phenoxy) is 1. The van der Waals surface area contributed by atoms with Crippen molar-refractivity contribution in [3.8, 4) is 0 Å². The average molecular weight is 366 g/mol. The lowest BCUT2D eigenvalue weighted by atomic mass is 10.1. The quantitative estimate of drug-likeness (QED) is 0.824. The molecule has 2 amide bonds. The van der Waals surface area contributed by atoms with Gasteiger partial charge in [0.05, 0.1) is 0 Å². The normalized spacial score (nSPS) is 16.4. The lowest BCUT2D eigenvalue weighted by Crippen LogP contribution is -2.44. The van der Waals surface area contributed by atoms with Crippen LogP contribution in [0.4, 0.5) is 5.69 Å². The molecule has 2 aromatic rings. The zero-order valence-electron chi connectivity index (χ0n) is 15.3. The van der Waals surface area contributed by atoms with Crippen molar-refractivity contribution >= 4 is 23.5 Å². The van der Waals surface area contributed by atoms with Gasteiger partial charge in [-0.15, -0.1) is 0 Å². The van der Waals surface area contributed by atoms with E-state index in [-0.39, 0.29) is 24.4 Å². The summed E-state index contributed by atoms with van der Waals surface area (Å²) in [5, 5.41) is 2.50. The van der Waals surface area contributed by atoms with Crippen LogP contribution in [0.1, 0.15) is 29.8 Å². The molecule has 0 aliphatic carbocycles. The fourth-order valence-corrected chi connectivity index (χ4v) is 3.23. The molecule has 1 aliphatic heterocycles. The Labute approximate surface area is 158 Å². The molecule has 1 aliphatic rings. The zero-order chi connectivity index (χ0) is 19.4. The van der Waals surface area contributed by atoms with Crippen molar-refractivity contribution in [1.82, 2.24) is 5.32 Å². The maximum Gasteiger partial charge on any atom is 0.326 e. The molecule has 0 spiro atoms. The van der Waals surface area contributed by atoms with E-state index in [1.54, 1.807) is 42.2 Å². The first-order valence-electron chi connectivity index (χ1n) is 8.91. The molecule has 0 radical (unpaired) electrons. The smallest absolute Gasteiger partial charge is 0.326 e. The third kappa shape index (κ3) is 4.16. The van der Waals surface area contributed by atoms with Crippen LogP contribution in [0.5, 0.6) is 0 Å². The van der Waals surface area contributed by atoms with Gasteiger partial charge in [0.25, 0.3) is 11.8 Å². The van der Waals surface area contributed by atoms with Crippen molar-refractivity contribution in [2.24, 2.45) is 0 Å². The minimum Gasteiger partial charge on any atom is -0.451 e. The highest BCUT2D eigenvalue weighted by Gasteiger charge is 2.34. The highest BCUT2D eigenvalue weighted by Crippen LogP contribution is 2.32. The van der Waals surface area contributed by atoms with Gasteiger partial charge in [0.2, 0.25) is 0 Å². The number of nitrogens with zero attached hydrogens (tertiary/aromatic N) is 1. The van der Waals surface area contributed by atoms with E-state index < -0.39 is 12.1 Å². The summed E-state index contributed by atoms with van der Waals surface area (Å²) in [4.78, 5) is 38.4. The van der Waals surface area contributed by atoms with Crippen LogP contribution in [0.15, 0.2) is 54.6 Å². The highest BCUT2D eigenvalue weighted by atomic mass is 16.5. The predicted molar refractivity (Wildman–Crippen MR) is 101 cm³/mol. The molecule has 27 heavy (non-hydrogen) atoms. The average Bonchev–Trinajstić information content (AvgIpc) is 3.01. The molecular formula is C21H22N2O4. The van der Waals surface area contributed by atoms with Crippen LogP contribution in [-0.4, -0.2) is 36.5 Å². The number of hydrogen-bond acceptors (Lipinski definition) is 4. The van der Waals surface area contributed by atoms with Gasteiger partial charge >= 0.3 is 5.97 Å². The molecule has 0 unspecified atom stereocenters. The lowest BCUT2D eigenvalue weighted by molar-refractivity contribution is -0.152. The molecule has 2 atom stereocenters. The minimum absolute atomic E-state index is 0.00818. The second kappa shape index (κ2) is 8.03. The van der Waals surface area contributed by atoms with Gasteiger partial charge in [-0.1, -0.05) is 36.4 Å². The van der Waals surface area contributed by atoms with Gasteiger partial charge in [-0.2, -0.15) is 0 Å². The SMILES string of the molecule is C[C@H](OC(=O)CNC(=O)c1ccccc1)C(=O)N1c2ccccc2C[C@H]1C. The molecule has 2 aromatic carbocycles. The summed E-state index contributed by atoms with van der Waals surface area (Å²) < 4.78 is 5.23. The number of benzene rings is 2. The van der Waals surface area contributed by atoms with E-state index in [4.69, 9.17) is 4.74 Å². The summed E-state index contributed by atoms with van der Waals surface area (Å²) in [6, 6.07) is 16.3. The van der Waals surface area contributed by atoms with Gasteiger partial charge in [-0.3, -0.25) is 14.4 Å². The molecule has 0 fully saturated rings. The number of anilines is 1. The van der Waals surface area contributed by atoms with E-state index in [9.17, 15) is 14.4 Å². The number of hydrogen-bond donors (Lipinski definition) is 1. The van der Waals surface area contributed by atoms with Crippen LogP contribution in [0.2, 0.25) is 0 Å². The Bertz CT molecular complexity index is 850. The van der Waals surface area contributed by atoms with Crippen molar-refractivity contribution in [2.75, 3.05) is 11.4 Å². The summed E-state index contributed by atoms with van der Waals surface area (Å²) in [7, 11) is 0. The molecule has 6 nitrogen and oxygen atoms in total. The lowest BCUT2D eigenvalue weighted by Gasteiger charge is -2.25. The molecule has 6 heteroatoms. The van der Waals surface area contributed by atoms with Crippen molar-refractivity contribution in [3.63, 3.8) is 0 Å². The summed E-state index contributed by atoms with van der Waals surface area (Å²) in [5.74, 6) is -1.29. The summed E-state index contributed by atoms with van der Waals surface area (Å²) in [5.41, 5.74) is 2.42. The van der Waals surface area contributed by atoms with E-state index in [1.165, 1.54) is 0 Å². The maximum atomic E-state index is 12.8. The Kier molecular flexibility index (Phi) is 5.54. The number of para-hydroxylation sites is 1. The number of carbonyl (C=O) groups is 3. The van der Waals surface area contributed by atoms with E-state index >= 15 is 0 Å². The number of amides is 2. The van der Waals surface area contributed by atoms with Gasteiger partial charge in [0.15, 0.2) is 6.10 Å². The van der Waals surface area contributed by atoms with Crippen LogP contribution in [0.3, 0.4) is 0 Å². The summed E-state index contributed by atoms with van der Waals surface area (Å²) >= 11 is 0. The number of esters is 1. The molecule has 0 aromatic heterocycles. The number of rotatable bonds is 5. The Morgan fingerprint density at radius 2 is 1.78 bits per heavy atom. The number of carbonyl (C=O) groups excluding carboxylic acids is 3. The molecular weight excluding hydrogens is 344 g/mol. The highest BCUT2D eigenvalue weighted by molar-refractivity contribution is 6.00. The molecule has 0 saturated carbocycles. The molecule has 3 rings (SSSR count). The molecule has 140 valence electrons. The second-order valence-corrected chi connectivity index (χ2v) is 6.57. The van der Waals surface area contributed by atoms with Crippen LogP contribution in [0, 0.1) is 0 Å². The third-order valence-electron chi connectivity index (χ3n) is 4.53. The van der Waals surface area contributed by atoms with E-state index in [1.807, 2.05) is 31.2 Å². The fraction of sp³-hybridized carbons (Fsp3) is 0.286. The first kappa shape index (κ1) is 18.6. The Balaban J connectivity index is 1.55. The van der Waals surface area contributed by atoms with Crippen LogP contribution < -0.4 is 10.2 Å². The molecule has 1 N–H and O–H groups in total. The maximum absolute atomic E-state index is 12.8. The monoisotopic (exact) mass is 366 g/mol. The van der Waals surface area contributed by atoms with Crippen molar-refractivity contribution < 1.29 is 19.1 Å². The largest absolute Gasteiger partial charge is 0.451 e. The van der Waals surface area contributed by atoms with Crippen LogP contribution in [-0.2, 0) is 20.7 Å². The predicted octanol–water partition coefficient (Wildman–Crippen LogP) is 2.33. The third-order valence-corrected chi connectivity index (χ3v) is 4.53. The van der Waals surface area contributed by atoms with Gasteiger partial charge in [0.1, 0.15) is 6.54 Å². The molecule has 1 heterocycles. The van der Waals surface area contributed by atoms with Gasteiger partial charge < -0.3 is 15.0 Å². The van der Waals surface area contributed by atoms with Crippen molar-refractivity contribution in [2.45, 2.75) is 32.4 Å². The van der Waals surface area contributed by atoms with E-state index in [0.717, 1.165) is 17.7 Å². The van der Waals surface area contributed by atoms with Gasteiger partial charge in [-0.05, 0) is 44.0 Å². The molecule has 0 saturated heterocycles. The van der Waals surface area contributed by atoms with E-state index in [0.29, 0.717) is 5.56 Å². The van der Waals surface area contributed by atoms with Crippen LogP contribution >= 0.6 is 0 Å². The van der Waals surface area contributed by atoms with Crippen LogP contribution in [0.25, 0.3) is 0 Å². The summed E-state index contributed by atoms with van der Waals surface area (Å²) in [6.07, 6.45) is -0.157. The first-order chi connectivity index (χ1) is 13.0. The zero-order valence-corrected chi connectivity index (χ0v) is 15.3. The summed E-state index contributed by atoms with van der Waals surface area (Å²) in [6.45, 7) is 3.22. The van der Waals surface area contributed by atoms with Gasteiger partial charge in [0, 0.05) is 17.3 Å². The Morgan fingerprint density at radius 3 is 2.52 bits per heavy atom. The van der Waals surface area contributed by atoms with Crippen molar-refractivity contribution in [3.05, 3.63) is 65.7 Å². The van der Waals surface area contributed by atoms with Gasteiger partial charge in [-0.25, -0.2) is 0 Å². The minimum atomic E-state index is -0.931. The standard InChI is InChI=1S/C21H22N2O4/c1-14-12-17-10-6-7-11-18(17)23(14)21(26)15(2)27-19(24)13-22-20(25)16-8-4-3-5-9-16/h3-11,14-15H,12-13H2,1-2H3,(H,22,25)/t14-,15+/m1/s1. The fourth-order valence-electron chi connectivity index (χ4n) is 3.23. The van der Waals surface area contributed by atoms with Crippen molar-refractivity contribution in [1.29, 1.82) is 0 Å². The molecule has 0 bridgehead atoms.